The lowest BCUT2D eigenvalue weighted by molar-refractivity contribution is -0.143. The number of imide groups is 1. The van der Waals surface area contributed by atoms with Crippen molar-refractivity contribution in [3.63, 3.8) is 0 Å². The van der Waals surface area contributed by atoms with Gasteiger partial charge >= 0.3 is 0 Å². The summed E-state index contributed by atoms with van der Waals surface area (Å²) in [6.07, 6.45) is 4.25. The number of amides is 2. The van der Waals surface area contributed by atoms with E-state index in [1.165, 1.54) is 4.90 Å². The fourth-order valence-electron chi connectivity index (χ4n) is 3.47. The molecule has 1 saturated heterocycles. The van der Waals surface area contributed by atoms with Gasteiger partial charge in [0.1, 0.15) is 5.01 Å². The Balaban J connectivity index is 1.78. The number of aromatic nitrogens is 1. The molecule has 4 nitrogen and oxygen atoms in total. The summed E-state index contributed by atoms with van der Waals surface area (Å²) < 4.78 is 0. The number of hydrogen-bond donors (Lipinski definition) is 0. The lowest BCUT2D eigenvalue weighted by Crippen LogP contribution is -2.37. The van der Waals surface area contributed by atoms with Crippen LogP contribution in [-0.4, -0.2) is 21.7 Å². The van der Waals surface area contributed by atoms with Crippen LogP contribution in [0.4, 0.5) is 0 Å². The minimum absolute atomic E-state index is 0.0138. The molecule has 1 aliphatic heterocycles. The Bertz CT molecular complexity index is 566. The number of rotatable bonds is 2. The van der Waals surface area contributed by atoms with Crippen molar-refractivity contribution in [2.75, 3.05) is 0 Å². The number of likely N-dealkylation sites (tertiary alicyclic amines) is 1. The van der Waals surface area contributed by atoms with E-state index in [4.69, 9.17) is 0 Å². The molecule has 0 N–H and O–H groups in total. The van der Waals surface area contributed by atoms with E-state index < -0.39 is 5.41 Å². The third kappa shape index (κ3) is 2.52. The summed E-state index contributed by atoms with van der Waals surface area (Å²) in [6.45, 7) is 6.57. The zero-order valence-corrected chi connectivity index (χ0v) is 13.8. The second kappa shape index (κ2) is 5.20. The average Bonchev–Trinajstić information content (AvgIpc) is 2.87. The maximum atomic E-state index is 12.8. The SMILES string of the molecule is Cc1nc(CN2C(=O)CC3(CCC(C)CC3)C2=O)sc1C. The van der Waals surface area contributed by atoms with Crippen molar-refractivity contribution in [3.05, 3.63) is 15.6 Å². The largest absolute Gasteiger partial charge is 0.275 e. The van der Waals surface area contributed by atoms with Gasteiger partial charge in [-0.3, -0.25) is 14.5 Å². The van der Waals surface area contributed by atoms with Crippen molar-refractivity contribution >= 4 is 23.2 Å². The molecule has 0 unspecified atom stereocenters. The lowest BCUT2D eigenvalue weighted by Gasteiger charge is -2.33. The first-order valence-electron chi connectivity index (χ1n) is 7.69. The van der Waals surface area contributed by atoms with Gasteiger partial charge in [-0.2, -0.15) is 0 Å². The van der Waals surface area contributed by atoms with Gasteiger partial charge in [0.2, 0.25) is 11.8 Å². The zero-order valence-electron chi connectivity index (χ0n) is 12.9. The molecule has 3 rings (SSSR count). The summed E-state index contributed by atoms with van der Waals surface area (Å²) in [4.78, 5) is 32.2. The molecule has 2 amide bonds. The van der Waals surface area contributed by atoms with E-state index in [0.29, 0.717) is 18.9 Å². The topological polar surface area (TPSA) is 50.3 Å². The molecule has 1 spiro atoms. The molecule has 1 aromatic rings. The Kier molecular flexibility index (Phi) is 3.64. The molecule has 21 heavy (non-hydrogen) atoms. The normalized spacial score (nSPS) is 29.7. The quantitative estimate of drug-likeness (QED) is 0.788. The first-order chi connectivity index (χ1) is 9.91. The third-order valence-electron chi connectivity index (χ3n) is 5.09. The summed E-state index contributed by atoms with van der Waals surface area (Å²) >= 11 is 1.58. The summed E-state index contributed by atoms with van der Waals surface area (Å²) in [5, 5.41) is 0.868. The molecule has 5 heteroatoms. The fourth-order valence-corrected chi connectivity index (χ4v) is 4.39. The van der Waals surface area contributed by atoms with Crippen molar-refractivity contribution < 1.29 is 9.59 Å². The Morgan fingerprint density at radius 1 is 1.29 bits per heavy atom. The number of aryl methyl sites for hydroxylation is 2. The zero-order chi connectivity index (χ0) is 15.2. The molecule has 114 valence electrons. The number of carbonyl (C=O) groups excluding carboxylic acids is 2. The van der Waals surface area contributed by atoms with E-state index in [1.807, 2.05) is 13.8 Å². The predicted molar refractivity (Wildman–Crippen MR) is 81.8 cm³/mol. The fraction of sp³-hybridized carbons (Fsp3) is 0.688. The van der Waals surface area contributed by atoms with Gasteiger partial charge in [0.25, 0.3) is 0 Å². The molecule has 0 radical (unpaired) electrons. The minimum Gasteiger partial charge on any atom is -0.275 e. The van der Waals surface area contributed by atoms with Crippen LogP contribution in [0.25, 0.3) is 0 Å². The van der Waals surface area contributed by atoms with Crippen LogP contribution in [0.5, 0.6) is 0 Å². The monoisotopic (exact) mass is 306 g/mol. The van der Waals surface area contributed by atoms with Crippen LogP contribution in [0, 0.1) is 25.2 Å². The van der Waals surface area contributed by atoms with Crippen molar-refractivity contribution in [1.29, 1.82) is 0 Å². The van der Waals surface area contributed by atoms with Crippen molar-refractivity contribution in [2.24, 2.45) is 11.3 Å². The summed E-state index contributed by atoms with van der Waals surface area (Å²) in [5.41, 5.74) is 0.598. The molecule has 1 saturated carbocycles. The Morgan fingerprint density at radius 3 is 2.52 bits per heavy atom. The second-order valence-corrected chi connectivity index (χ2v) is 7.96. The number of nitrogens with zero attached hydrogens (tertiary/aromatic N) is 2. The van der Waals surface area contributed by atoms with E-state index >= 15 is 0 Å². The molecule has 0 aromatic carbocycles. The summed E-state index contributed by atoms with van der Waals surface area (Å²) in [7, 11) is 0. The van der Waals surface area contributed by atoms with E-state index in [0.717, 1.165) is 41.3 Å². The van der Waals surface area contributed by atoms with Gasteiger partial charge in [0.15, 0.2) is 0 Å². The van der Waals surface area contributed by atoms with Crippen LogP contribution in [0.1, 0.15) is 54.6 Å². The molecule has 2 fully saturated rings. The van der Waals surface area contributed by atoms with Gasteiger partial charge in [0.05, 0.1) is 17.7 Å². The molecule has 1 aliphatic carbocycles. The van der Waals surface area contributed by atoms with E-state index in [-0.39, 0.29) is 11.8 Å². The molecule has 1 aromatic heterocycles. The van der Waals surface area contributed by atoms with Crippen LogP contribution in [0.3, 0.4) is 0 Å². The van der Waals surface area contributed by atoms with E-state index in [1.54, 1.807) is 11.3 Å². The third-order valence-corrected chi connectivity index (χ3v) is 6.14. The van der Waals surface area contributed by atoms with Gasteiger partial charge in [-0.15, -0.1) is 11.3 Å². The Labute approximate surface area is 129 Å². The van der Waals surface area contributed by atoms with Crippen molar-refractivity contribution in [3.8, 4) is 0 Å². The van der Waals surface area contributed by atoms with Gasteiger partial charge in [-0.05, 0) is 45.4 Å². The number of hydrogen-bond acceptors (Lipinski definition) is 4. The van der Waals surface area contributed by atoms with E-state index in [9.17, 15) is 9.59 Å². The highest BCUT2D eigenvalue weighted by atomic mass is 32.1. The van der Waals surface area contributed by atoms with Crippen molar-refractivity contribution in [2.45, 2.75) is 59.4 Å². The Hall–Kier alpha value is -1.23. The van der Waals surface area contributed by atoms with Gasteiger partial charge in [-0.1, -0.05) is 6.92 Å². The molecule has 2 heterocycles. The number of carbonyl (C=O) groups is 2. The highest BCUT2D eigenvalue weighted by Crippen LogP contribution is 2.47. The molecule has 0 atom stereocenters. The highest BCUT2D eigenvalue weighted by Gasteiger charge is 2.52. The maximum Gasteiger partial charge on any atom is 0.236 e. The lowest BCUT2D eigenvalue weighted by atomic mass is 9.70. The first kappa shape index (κ1) is 14.7. The van der Waals surface area contributed by atoms with Gasteiger partial charge in [-0.25, -0.2) is 4.98 Å². The first-order valence-corrected chi connectivity index (χ1v) is 8.51. The minimum atomic E-state index is -0.398. The van der Waals surface area contributed by atoms with E-state index in [2.05, 4.69) is 11.9 Å². The summed E-state index contributed by atoms with van der Waals surface area (Å²) in [5.74, 6) is 0.710. The standard InChI is InChI=1S/C16H22N2O2S/c1-10-4-6-16(7-5-10)8-14(19)18(15(16)20)9-13-17-11(2)12(3)21-13/h10H,4-9H2,1-3H3. The molecule has 2 aliphatic rings. The number of thiazole rings is 1. The molecule has 0 bridgehead atoms. The molecular weight excluding hydrogens is 284 g/mol. The summed E-state index contributed by atoms with van der Waals surface area (Å²) in [6, 6.07) is 0. The van der Waals surface area contributed by atoms with Gasteiger partial charge < -0.3 is 0 Å². The van der Waals surface area contributed by atoms with Crippen LogP contribution in [-0.2, 0) is 16.1 Å². The average molecular weight is 306 g/mol. The van der Waals surface area contributed by atoms with Crippen LogP contribution < -0.4 is 0 Å². The van der Waals surface area contributed by atoms with Crippen LogP contribution in [0.15, 0.2) is 0 Å². The van der Waals surface area contributed by atoms with Gasteiger partial charge in [0, 0.05) is 11.3 Å². The second-order valence-electron chi connectivity index (χ2n) is 6.67. The van der Waals surface area contributed by atoms with Crippen molar-refractivity contribution in [1.82, 2.24) is 9.88 Å². The van der Waals surface area contributed by atoms with Crippen LogP contribution in [0.2, 0.25) is 0 Å². The molecular formula is C16H22N2O2S. The smallest absolute Gasteiger partial charge is 0.236 e. The predicted octanol–water partition coefficient (Wildman–Crippen LogP) is 3.22. The maximum absolute atomic E-state index is 12.8. The highest BCUT2D eigenvalue weighted by molar-refractivity contribution is 7.11. The Morgan fingerprint density at radius 2 is 1.95 bits per heavy atom. The van der Waals surface area contributed by atoms with Crippen LogP contribution >= 0.6 is 11.3 Å².